The molecule has 4 rings (SSSR count). The molecule has 1 atom stereocenters. The molecule has 1 amide bonds. The molecule has 4 nitrogen and oxygen atoms in total. The predicted octanol–water partition coefficient (Wildman–Crippen LogP) is 3.26. The van der Waals surface area contributed by atoms with E-state index in [-0.39, 0.29) is 11.8 Å². The van der Waals surface area contributed by atoms with Crippen LogP contribution in [0.4, 0.5) is 0 Å². The SMILES string of the molecule is CC1(CNC(=O)C2CCCC2)OCCc2c1[nH]c1ccccc21. The third-order valence-corrected chi connectivity index (χ3v) is 5.44. The number of nitrogens with one attached hydrogen (secondary N) is 2. The van der Waals surface area contributed by atoms with Gasteiger partial charge in [-0.05, 0) is 37.8 Å². The highest BCUT2D eigenvalue weighted by Crippen LogP contribution is 2.36. The third-order valence-electron chi connectivity index (χ3n) is 5.44. The molecule has 2 N–H and O–H groups in total. The van der Waals surface area contributed by atoms with Crippen LogP contribution >= 0.6 is 0 Å². The summed E-state index contributed by atoms with van der Waals surface area (Å²) < 4.78 is 6.09. The monoisotopic (exact) mass is 312 g/mol. The van der Waals surface area contributed by atoms with Crippen molar-refractivity contribution in [3.05, 3.63) is 35.5 Å². The van der Waals surface area contributed by atoms with Gasteiger partial charge in [-0.1, -0.05) is 31.0 Å². The van der Waals surface area contributed by atoms with Crippen LogP contribution in [0.1, 0.15) is 43.9 Å². The van der Waals surface area contributed by atoms with Gasteiger partial charge in [0.1, 0.15) is 5.60 Å². The highest BCUT2D eigenvalue weighted by molar-refractivity contribution is 5.85. The molecular formula is C19H24N2O2. The number of hydrogen-bond donors (Lipinski definition) is 2. The lowest BCUT2D eigenvalue weighted by Crippen LogP contribution is -2.45. The Morgan fingerprint density at radius 3 is 2.96 bits per heavy atom. The molecule has 1 aromatic carbocycles. The van der Waals surface area contributed by atoms with Gasteiger partial charge in [0.05, 0.1) is 18.8 Å². The number of H-pyrrole nitrogens is 1. The molecule has 2 aliphatic rings. The van der Waals surface area contributed by atoms with Crippen molar-refractivity contribution >= 4 is 16.8 Å². The van der Waals surface area contributed by atoms with Gasteiger partial charge in [-0.2, -0.15) is 0 Å². The summed E-state index contributed by atoms with van der Waals surface area (Å²) in [5.74, 6) is 0.389. The molecule has 122 valence electrons. The largest absolute Gasteiger partial charge is 0.367 e. The van der Waals surface area contributed by atoms with Gasteiger partial charge in [0.2, 0.25) is 5.91 Å². The van der Waals surface area contributed by atoms with Crippen molar-refractivity contribution in [3.8, 4) is 0 Å². The molecule has 1 aromatic heterocycles. The molecule has 1 saturated carbocycles. The van der Waals surface area contributed by atoms with E-state index in [9.17, 15) is 4.79 Å². The fraction of sp³-hybridized carbons (Fsp3) is 0.526. The fourth-order valence-electron chi connectivity index (χ4n) is 4.09. The molecule has 0 radical (unpaired) electrons. The molecular weight excluding hydrogens is 288 g/mol. The maximum atomic E-state index is 12.3. The van der Waals surface area contributed by atoms with Gasteiger partial charge >= 0.3 is 0 Å². The summed E-state index contributed by atoms with van der Waals surface area (Å²) in [6.07, 6.45) is 5.34. The number of para-hydroxylation sites is 1. The number of rotatable bonds is 3. The van der Waals surface area contributed by atoms with Crippen molar-refractivity contribution in [1.29, 1.82) is 0 Å². The van der Waals surface area contributed by atoms with Gasteiger partial charge in [-0.3, -0.25) is 4.79 Å². The van der Waals surface area contributed by atoms with Crippen molar-refractivity contribution in [3.63, 3.8) is 0 Å². The number of benzene rings is 1. The number of fused-ring (bicyclic) bond motifs is 3. The van der Waals surface area contributed by atoms with Crippen LogP contribution in [0.3, 0.4) is 0 Å². The van der Waals surface area contributed by atoms with Crippen molar-refractivity contribution in [1.82, 2.24) is 10.3 Å². The Balaban J connectivity index is 1.58. The number of ether oxygens (including phenoxy) is 1. The molecule has 0 saturated heterocycles. The van der Waals surface area contributed by atoms with Crippen molar-refractivity contribution in [2.45, 2.75) is 44.6 Å². The van der Waals surface area contributed by atoms with Crippen molar-refractivity contribution in [2.24, 2.45) is 5.92 Å². The summed E-state index contributed by atoms with van der Waals surface area (Å²) in [6, 6.07) is 8.38. The third kappa shape index (κ3) is 2.55. The Hall–Kier alpha value is -1.81. The topological polar surface area (TPSA) is 54.1 Å². The summed E-state index contributed by atoms with van der Waals surface area (Å²) in [7, 11) is 0. The zero-order chi connectivity index (χ0) is 15.9. The van der Waals surface area contributed by atoms with Crippen LogP contribution in [0.15, 0.2) is 24.3 Å². The lowest BCUT2D eigenvalue weighted by Gasteiger charge is -2.34. The van der Waals surface area contributed by atoms with E-state index in [0.29, 0.717) is 13.2 Å². The van der Waals surface area contributed by atoms with Crippen LogP contribution in [-0.4, -0.2) is 24.0 Å². The van der Waals surface area contributed by atoms with Gasteiger partial charge in [0.25, 0.3) is 0 Å². The smallest absolute Gasteiger partial charge is 0.223 e. The Morgan fingerprint density at radius 1 is 1.35 bits per heavy atom. The van der Waals surface area contributed by atoms with Gasteiger partial charge in [-0.15, -0.1) is 0 Å². The minimum Gasteiger partial charge on any atom is -0.367 e. The second-order valence-corrected chi connectivity index (χ2v) is 7.05. The predicted molar refractivity (Wildman–Crippen MR) is 90.3 cm³/mol. The average molecular weight is 312 g/mol. The van der Waals surface area contributed by atoms with E-state index in [0.717, 1.165) is 30.5 Å². The van der Waals surface area contributed by atoms with Crippen LogP contribution in [0.25, 0.3) is 10.9 Å². The first-order chi connectivity index (χ1) is 11.2. The number of carbonyl (C=O) groups excluding carboxylic acids is 1. The van der Waals surface area contributed by atoms with E-state index in [1.165, 1.54) is 23.8 Å². The Kier molecular flexibility index (Phi) is 3.64. The maximum absolute atomic E-state index is 12.3. The molecule has 1 aliphatic heterocycles. The summed E-state index contributed by atoms with van der Waals surface area (Å²) in [4.78, 5) is 15.9. The molecule has 0 bridgehead atoms. The Bertz CT molecular complexity index is 730. The number of carbonyl (C=O) groups is 1. The van der Waals surface area contributed by atoms with E-state index in [4.69, 9.17) is 4.74 Å². The molecule has 2 heterocycles. The minimum atomic E-state index is -0.471. The van der Waals surface area contributed by atoms with Crippen LogP contribution < -0.4 is 5.32 Å². The van der Waals surface area contributed by atoms with E-state index in [1.807, 2.05) is 6.07 Å². The van der Waals surface area contributed by atoms with Crippen LogP contribution in [0.2, 0.25) is 0 Å². The van der Waals surface area contributed by atoms with Gasteiger partial charge < -0.3 is 15.0 Å². The van der Waals surface area contributed by atoms with Crippen molar-refractivity contribution in [2.75, 3.05) is 13.2 Å². The second kappa shape index (κ2) is 5.68. The first-order valence-corrected chi connectivity index (χ1v) is 8.69. The van der Waals surface area contributed by atoms with Crippen molar-refractivity contribution < 1.29 is 9.53 Å². The van der Waals surface area contributed by atoms with Gasteiger partial charge in [0, 0.05) is 16.8 Å². The quantitative estimate of drug-likeness (QED) is 0.914. The first-order valence-electron chi connectivity index (χ1n) is 8.69. The molecule has 4 heteroatoms. The lowest BCUT2D eigenvalue weighted by atomic mass is 9.92. The van der Waals surface area contributed by atoms with Gasteiger partial charge in [-0.25, -0.2) is 0 Å². The zero-order valence-electron chi connectivity index (χ0n) is 13.7. The summed E-state index contributed by atoms with van der Waals surface area (Å²) >= 11 is 0. The second-order valence-electron chi connectivity index (χ2n) is 7.05. The molecule has 1 aliphatic carbocycles. The number of aromatic amines is 1. The highest BCUT2D eigenvalue weighted by Gasteiger charge is 2.37. The van der Waals surface area contributed by atoms with Gasteiger partial charge in [0.15, 0.2) is 0 Å². The molecule has 23 heavy (non-hydrogen) atoms. The first kappa shape index (κ1) is 14.8. The van der Waals surface area contributed by atoms with Crippen LogP contribution in [-0.2, 0) is 21.6 Å². The number of aromatic nitrogens is 1. The number of hydrogen-bond acceptors (Lipinski definition) is 2. The normalized spacial score (nSPS) is 24.7. The minimum absolute atomic E-state index is 0.190. The van der Waals surface area contributed by atoms with E-state index < -0.39 is 5.60 Å². The Morgan fingerprint density at radius 2 is 2.13 bits per heavy atom. The lowest BCUT2D eigenvalue weighted by molar-refractivity contribution is -0.127. The molecule has 1 fully saturated rings. The zero-order valence-corrected chi connectivity index (χ0v) is 13.7. The van der Waals surface area contributed by atoms with Crippen LogP contribution in [0.5, 0.6) is 0 Å². The molecule has 1 unspecified atom stereocenters. The van der Waals surface area contributed by atoms with E-state index >= 15 is 0 Å². The standard InChI is InChI=1S/C19H24N2O2/c1-19(12-20-18(22)13-6-2-3-7-13)17-15(10-11-23-19)14-8-4-5-9-16(14)21-17/h4-5,8-9,13,21H,2-3,6-7,10-12H2,1H3,(H,20,22). The average Bonchev–Trinajstić information content (AvgIpc) is 3.21. The highest BCUT2D eigenvalue weighted by atomic mass is 16.5. The van der Waals surface area contributed by atoms with Crippen LogP contribution in [0, 0.1) is 5.92 Å². The summed E-state index contributed by atoms with van der Waals surface area (Å²) in [6.45, 7) is 3.31. The summed E-state index contributed by atoms with van der Waals surface area (Å²) in [5, 5.41) is 4.41. The summed E-state index contributed by atoms with van der Waals surface area (Å²) in [5.41, 5.74) is 3.14. The number of amides is 1. The Labute approximate surface area is 136 Å². The van der Waals surface area contributed by atoms with E-state index in [1.54, 1.807) is 0 Å². The maximum Gasteiger partial charge on any atom is 0.223 e. The molecule has 0 spiro atoms. The van der Waals surface area contributed by atoms with E-state index in [2.05, 4.69) is 35.4 Å². The molecule has 2 aromatic rings. The fourth-order valence-corrected chi connectivity index (χ4v) is 4.09.